The number of esters is 2. The SMILES string of the molecule is CCN1C(=O)Cc2cc(N3C(N)=C(C#N)C(c4ccccc4)C(C(=O)OC)=C3C(=O)OC)ccc21. The van der Waals surface area contributed by atoms with Crippen molar-refractivity contribution in [2.75, 3.05) is 30.6 Å². The van der Waals surface area contributed by atoms with E-state index in [0.29, 0.717) is 17.8 Å². The van der Waals surface area contributed by atoms with Crippen LogP contribution in [0.15, 0.2) is 71.2 Å². The third-order valence-electron chi connectivity index (χ3n) is 6.18. The van der Waals surface area contributed by atoms with Gasteiger partial charge in [0, 0.05) is 17.9 Å². The van der Waals surface area contributed by atoms with Crippen LogP contribution < -0.4 is 15.5 Å². The summed E-state index contributed by atoms with van der Waals surface area (Å²) < 4.78 is 10.1. The Morgan fingerprint density at radius 1 is 1.11 bits per heavy atom. The summed E-state index contributed by atoms with van der Waals surface area (Å²) in [5.41, 5.74) is 8.89. The van der Waals surface area contributed by atoms with Crippen LogP contribution in [0.25, 0.3) is 0 Å². The van der Waals surface area contributed by atoms with E-state index >= 15 is 0 Å². The van der Waals surface area contributed by atoms with Crippen molar-refractivity contribution in [1.82, 2.24) is 0 Å². The zero-order valence-corrected chi connectivity index (χ0v) is 19.6. The third kappa shape index (κ3) is 3.79. The van der Waals surface area contributed by atoms with E-state index in [2.05, 4.69) is 6.07 Å². The largest absolute Gasteiger partial charge is 0.466 e. The van der Waals surface area contributed by atoms with Crippen LogP contribution in [0, 0.1) is 11.3 Å². The van der Waals surface area contributed by atoms with Gasteiger partial charge in [-0.15, -0.1) is 0 Å². The first-order valence-corrected chi connectivity index (χ1v) is 11.0. The first kappa shape index (κ1) is 23.6. The molecule has 1 amide bonds. The summed E-state index contributed by atoms with van der Waals surface area (Å²) in [6.45, 7) is 2.41. The molecule has 0 radical (unpaired) electrons. The highest BCUT2D eigenvalue weighted by molar-refractivity contribution is 6.07. The van der Waals surface area contributed by atoms with E-state index in [0.717, 1.165) is 11.3 Å². The summed E-state index contributed by atoms with van der Waals surface area (Å²) in [6.07, 6.45) is 0.188. The highest BCUT2D eigenvalue weighted by atomic mass is 16.5. The maximum absolute atomic E-state index is 13.1. The highest BCUT2D eigenvalue weighted by Gasteiger charge is 2.43. The average molecular weight is 473 g/mol. The van der Waals surface area contributed by atoms with Gasteiger partial charge in [-0.1, -0.05) is 30.3 Å². The summed E-state index contributed by atoms with van der Waals surface area (Å²) in [5.74, 6) is -2.62. The number of hydrogen-bond donors (Lipinski definition) is 1. The second-order valence-electron chi connectivity index (χ2n) is 7.96. The van der Waals surface area contributed by atoms with E-state index in [9.17, 15) is 19.6 Å². The van der Waals surface area contributed by atoms with Crippen molar-refractivity contribution in [3.63, 3.8) is 0 Å². The van der Waals surface area contributed by atoms with Crippen LogP contribution in [0.5, 0.6) is 0 Å². The van der Waals surface area contributed by atoms with E-state index in [1.807, 2.05) is 6.92 Å². The Morgan fingerprint density at radius 2 is 1.80 bits per heavy atom. The zero-order chi connectivity index (χ0) is 25.3. The fourth-order valence-electron chi connectivity index (χ4n) is 4.64. The summed E-state index contributed by atoms with van der Waals surface area (Å²) in [7, 11) is 2.39. The lowest BCUT2D eigenvalue weighted by atomic mass is 9.81. The number of ether oxygens (including phenoxy) is 2. The van der Waals surface area contributed by atoms with Crippen LogP contribution in [-0.2, 0) is 30.3 Å². The first-order valence-electron chi connectivity index (χ1n) is 11.0. The molecule has 0 spiro atoms. The van der Waals surface area contributed by atoms with Gasteiger partial charge in [-0.3, -0.25) is 9.69 Å². The van der Waals surface area contributed by atoms with Gasteiger partial charge in [0.15, 0.2) is 0 Å². The fourth-order valence-corrected chi connectivity index (χ4v) is 4.64. The number of allylic oxidation sites excluding steroid dienone is 1. The van der Waals surface area contributed by atoms with Crippen molar-refractivity contribution in [2.45, 2.75) is 19.3 Å². The molecule has 0 aromatic heterocycles. The van der Waals surface area contributed by atoms with Gasteiger partial charge in [0.2, 0.25) is 5.91 Å². The van der Waals surface area contributed by atoms with Crippen molar-refractivity contribution in [3.05, 3.63) is 82.3 Å². The Balaban J connectivity index is 2.00. The van der Waals surface area contributed by atoms with Gasteiger partial charge in [-0.2, -0.15) is 5.26 Å². The Labute approximate surface area is 202 Å². The van der Waals surface area contributed by atoms with E-state index in [1.54, 1.807) is 53.4 Å². The van der Waals surface area contributed by atoms with Crippen LogP contribution >= 0.6 is 0 Å². The lowest BCUT2D eigenvalue weighted by Crippen LogP contribution is -2.40. The van der Waals surface area contributed by atoms with Crippen molar-refractivity contribution < 1.29 is 23.9 Å². The number of rotatable bonds is 5. The standard InChI is InChI=1S/C26H24N4O5/c1-4-29-19-11-10-17(12-16(19)13-20(29)31)30-23(26(33)35-3)22(25(32)34-2)21(18(14-27)24(30)28)15-8-6-5-7-9-15/h5-12,21H,4,13,28H2,1-3H3. The molecule has 0 aliphatic carbocycles. The Hall–Kier alpha value is -4.58. The number of carbonyl (C=O) groups is 3. The molecule has 0 fully saturated rings. The normalized spacial score (nSPS) is 17.3. The smallest absolute Gasteiger partial charge is 0.355 e. The lowest BCUT2D eigenvalue weighted by Gasteiger charge is -2.36. The molecular formula is C26H24N4O5. The van der Waals surface area contributed by atoms with Gasteiger partial charge in [0.1, 0.15) is 11.5 Å². The number of anilines is 2. The molecule has 4 rings (SSSR count). The lowest BCUT2D eigenvalue weighted by molar-refractivity contribution is -0.139. The maximum Gasteiger partial charge on any atom is 0.355 e. The molecule has 2 aromatic rings. The van der Waals surface area contributed by atoms with E-state index in [4.69, 9.17) is 15.2 Å². The van der Waals surface area contributed by atoms with E-state index in [1.165, 1.54) is 19.1 Å². The number of amides is 1. The minimum absolute atomic E-state index is 0.0222. The monoisotopic (exact) mass is 472 g/mol. The number of nitrogens with zero attached hydrogens (tertiary/aromatic N) is 3. The Bertz CT molecular complexity index is 1320. The molecular weight excluding hydrogens is 448 g/mol. The van der Waals surface area contributed by atoms with Crippen molar-refractivity contribution in [1.29, 1.82) is 5.26 Å². The molecule has 0 saturated heterocycles. The number of likely N-dealkylation sites (N-methyl/N-ethyl adjacent to an activating group) is 1. The molecule has 2 aliphatic rings. The van der Waals surface area contributed by atoms with Crippen LogP contribution in [-0.4, -0.2) is 38.6 Å². The first-order chi connectivity index (χ1) is 16.9. The molecule has 0 saturated carbocycles. The topological polar surface area (TPSA) is 126 Å². The van der Waals surface area contributed by atoms with E-state index in [-0.39, 0.29) is 35.0 Å². The van der Waals surface area contributed by atoms with Gasteiger partial charge < -0.3 is 20.1 Å². The second kappa shape index (κ2) is 9.35. The molecule has 1 atom stereocenters. The number of hydrogen-bond acceptors (Lipinski definition) is 8. The molecule has 2 aromatic carbocycles. The van der Waals surface area contributed by atoms with Gasteiger partial charge in [-0.25, -0.2) is 9.59 Å². The number of nitriles is 1. The molecule has 1 unspecified atom stereocenters. The van der Waals surface area contributed by atoms with Crippen LogP contribution in [0.3, 0.4) is 0 Å². The van der Waals surface area contributed by atoms with Gasteiger partial charge in [0.25, 0.3) is 0 Å². The molecule has 9 nitrogen and oxygen atoms in total. The average Bonchev–Trinajstić information content (AvgIpc) is 3.21. The Morgan fingerprint density at radius 3 is 2.40 bits per heavy atom. The molecule has 35 heavy (non-hydrogen) atoms. The molecule has 9 heteroatoms. The van der Waals surface area contributed by atoms with Crippen LogP contribution in [0.2, 0.25) is 0 Å². The summed E-state index contributed by atoms with van der Waals surface area (Å²) >= 11 is 0. The molecule has 2 aliphatic heterocycles. The number of methoxy groups -OCH3 is 2. The number of carbonyl (C=O) groups excluding carboxylic acids is 3. The van der Waals surface area contributed by atoms with Crippen molar-refractivity contribution in [3.8, 4) is 6.07 Å². The van der Waals surface area contributed by atoms with Gasteiger partial charge >= 0.3 is 11.9 Å². The molecule has 178 valence electrons. The summed E-state index contributed by atoms with van der Waals surface area (Å²) in [4.78, 5) is 41.6. The third-order valence-corrected chi connectivity index (χ3v) is 6.18. The molecule has 2 heterocycles. The van der Waals surface area contributed by atoms with Crippen molar-refractivity contribution in [2.24, 2.45) is 5.73 Å². The van der Waals surface area contributed by atoms with Gasteiger partial charge in [-0.05, 0) is 36.2 Å². The summed E-state index contributed by atoms with van der Waals surface area (Å²) in [6, 6.07) is 16.1. The van der Waals surface area contributed by atoms with E-state index < -0.39 is 17.9 Å². The zero-order valence-electron chi connectivity index (χ0n) is 19.6. The number of nitrogens with two attached hydrogens (primary N) is 1. The van der Waals surface area contributed by atoms with Gasteiger partial charge in [0.05, 0.1) is 43.8 Å². The quantitative estimate of drug-likeness (QED) is 0.658. The maximum atomic E-state index is 13.1. The Kier molecular flexibility index (Phi) is 6.30. The predicted molar refractivity (Wildman–Crippen MR) is 128 cm³/mol. The van der Waals surface area contributed by atoms with Crippen LogP contribution in [0.4, 0.5) is 11.4 Å². The number of fused-ring (bicyclic) bond motifs is 1. The number of benzene rings is 2. The van der Waals surface area contributed by atoms with Crippen molar-refractivity contribution >= 4 is 29.2 Å². The predicted octanol–water partition coefficient (Wildman–Crippen LogP) is 2.49. The minimum atomic E-state index is -0.939. The molecule has 2 N–H and O–H groups in total. The minimum Gasteiger partial charge on any atom is -0.466 e. The second-order valence-corrected chi connectivity index (χ2v) is 7.96. The highest BCUT2D eigenvalue weighted by Crippen LogP contribution is 2.44. The summed E-state index contributed by atoms with van der Waals surface area (Å²) in [5, 5.41) is 10.1. The molecule has 0 bridgehead atoms. The van der Waals surface area contributed by atoms with Crippen LogP contribution in [0.1, 0.15) is 24.0 Å². The fraction of sp³-hybridized carbons (Fsp3) is 0.231.